The van der Waals surface area contributed by atoms with E-state index in [4.69, 9.17) is 5.26 Å². The summed E-state index contributed by atoms with van der Waals surface area (Å²) in [4.78, 5) is 2.46. The summed E-state index contributed by atoms with van der Waals surface area (Å²) in [5.41, 5.74) is 2.00. The van der Waals surface area contributed by atoms with Crippen LogP contribution in [0.3, 0.4) is 0 Å². The number of nitrogens with zero attached hydrogens (tertiary/aromatic N) is 2. The van der Waals surface area contributed by atoms with Crippen molar-refractivity contribution < 1.29 is 0 Å². The second kappa shape index (κ2) is 6.21. The van der Waals surface area contributed by atoms with Crippen molar-refractivity contribution in [3.05, 3.63) is 35.4 Å². The average molecular weight is 256 g/mol. The van der Waals surface area contributed by atoms with Gasteiger partial charge in [-0.05, 0) is 55.8 Å². The van der Waals surface area contributed by atoms with Crippen LogP contribution in [0.4, 0.5) is 0 Å². The second-order valence-electron chi connectivity index (χ2n) is 6.30. The molecule has 2 heteroatoms. The van der Waals surface area contributed by atoms with Crippen molar-refractivity contribution in [2.45, 2.75) is 45.7 Å². The molecule has 2 unspecified atom stereocenters. The lowest BCUT2D eigenvalue weighted by atomic mass is 9.80. The molecule has 1 aliphatic carbocycles. The molecule has 2 rings (SSSR count). The summed E-state index contributed by atoms with van der Waals surface area (Å²) >= 11 is 0. The monoisotopic (exact) mass is 256 g/mol. The van der Waals surface area contributed by atoms with E-state index in [1.54, 1.807) is 0 Å². The summed E-state index contributed by atoms with van der Waals surface area (Å²) in [6.07, 6.45) is 3.98. The lowest BCUT2D eigenvalue weighted by Gasteiger charge is -2.37. The predicted molar refractivity (Wildman–Crippen MR) is 78.6 cm³/mol. The number of hydrogen-bond donors (Lipinski definition) is 0. The smallest absolute Gasteiger partial charge is 0.0991 e. The van der Waals surface area contributed by atoms with E-state index in [9.17, 15) is 0 Å². The van der Waals surface area contributed by atoms with Crippen LogP contribution in [-0.4, -0.2) is 18.0 Å². The van der Waals surface area contributed by atoms with Crippen LogP contribution in [0, 0.1) is 23.2 Å². The van der Waals surface area contributed by atoms with Gasteiger partial charge in [-0.3, -0.25) is 4.90 Å². The van der Waals surface area contributed by atoms with Crippen LogP contribution in [0.15, 0.2) is 24.3 Å². The molecular formula is C17H24N2. The Labute approximate surface area is 117 Å². The molecule has 0 N–H and O–H groups in total. The van der Waals surface area contributed by atoms with Crippen molar-refractivity contribution >= 4 is 0 Å². The van der Waals surface area contributed by atoms with Crippen LogP contribution in [0.5, 0.6) is 0 Å². The Kier molecular flexibility index (Phi) is 4.61. The summed E-state index contributed by atoms with van der Waals surface area (Å²) in [5, 5.41) is 8.95. The Balaban J connectivity index is 2.00. The Morgan fingerprint density at radius 2 is 1.89 bits per heavy atom. The fourth-order valence-corrected chi connectivity index (χ4v) is 3.42. The van der Waals surface area contributed by atoms with Gasteiger partial charge in [-0.1, -0.05) is 26.0 Å². The lowest BCUT2D eigenvalue weighted by molar-refractivity contribution is 0.128. The first kappa shape index (κ1) is 14.1. The van der Waals surface area contributed by atoms with E-state index in [2.05, 4.69) is 37.9 Å². The Hall–Kier alpha value is -1.33. The quantitative estimate of drug-likeness (QED) is 0.822. The maximum atomic E-state index is 8.95. The van der Waals surface area contributed by atoms with Gasteiger partial charge in [-0.2, -0.15) is 5.26 Å². The van der Waals surface area contributed by atoms with Crippen molar-refractivity contribution in [2.24, 2.45) is 11.8 Å². The van der Waals surface area contributed by atoms with Crippen LogP contribution in [0.1, 0.15) is 44.2 Å². The van der Waals surface area contributed by atoms with Gasteiger partial charge in [0.15, 0.2) is 0 Å². The molecule has 1 aliphatic rings. The maximum absolute atomic E-state index is 8.95. The number of hydrogen-bond acceptors (Lipinski definition) is 2. The molecule has 1 fully saturated rings. The highest BCUT2D eigenvalue weighted by Gasteiger charge is 2.26. The van der Waals surface area contributed by atoms with Crippen molar-refractivity contribution in [3.63, 3.8) is 0 Å². The van der Waals surface area contributed by atoms with Gasteiger partial charge >= 0.3 is 0 Å². The average Bonchev–Trinajstić information content (AvgIpc) is 2.37. The standard InChI is InChI=1S/C17H24N2/c1-13-7-14(2)9-17(8-13)19(3)12-16-6-4-5-15(10-16)11-18/h4-6,10,13-14,17H,7-9,12H2,1-3H3. The molecule has 1 saturated carbocycles. The van der Waals surface area contributed by atoms with Gasteiger partial charge in [-0.25, -0.2) is 0 Å². The highest BCUT2D eigenvalue weighted by molar-refractivity contribution is 5.32. The fourth-order valence-electron chi connectivity index (χ4n) is 3.42. The van der Waals surface area contributed by atoms with Gasteiger partial charge < -0.3 is 0 Å². The Morgan fingerprint density at radius 3 is 2.53 bits per heavy atom. The fraction of sp³-hybridized carbons (Fsp3) is 0.588. The van der Waals surface area contributed by atoms with Gasteiger partial charge in [0.25, 0.3) is 0 Å². The molecule has 2 nitrogen and oxygen atoms in total. The number of nitriles is 1. The third kappa shape index (κ3) is 3.81. The molecule has 0 bridgehead atoms. The highest BCUT2D eigenvalue weighted by atomic mass is 15.1. The van der Waals surface area contributed by atoms with E-state index < -0.39 is 0 Å². The molecule has 0 saturated heterocycles. The largest absolute Gasteiger partial charge is 0.299 e. The van der Waals surface area contributed by atoms with Gasteiger partial charge in [0, 0.05) is 12.6 Å². The molecule has 0 aromatic heterocycles. The van der Waals surface area contributed by atoms with Crippen LogP contribution < -0.4 is 0 Å². The summed E-state index contributed by atoms with van der Waals surface area (Å²) < 4.78 is 0. The summed E-state index contributed by atoms with van der Waals surface area (Å²) in [6, 6.07) is 10.9. The van der Waals surface area contributed by atoms with E-state index in [0.29, 0.717) is 6.04 Å². The molecule has 1 aromatic rings. The van der Waals surface area contributed by atoms with E-state index in [-0.39, 0.29) is 0 Å². The maximum Gasteiger partial charge on any atom is 0.0991 e. The summed E-state index contributed by atoms with van der Waals surface area (Å²) in [7, 11) is 2.22. The van der Waals surface area contributed by atoms with Crippen molar-refractivity contribution in [3.8, 4) is 6.07 Å². The third-order valence-corrected chi connectivity index (χ3v) is 4.27. The van der Waals surface area contributed by atoms with Crippen molar-refractivity contribution in [2.75, 3.05) is 7.05 Å². The molecule has 0 radical (unpaired) electrons. The van der Waals surface area contributed by atoms with E-state index >= 15 is 0 Å². The molecule has 2 atom stereocenters. The first-order valence-corrected chi connectivity index (χ1v) is 7.27. The molecule has 102 valence electrons. The lowest BCUT2D eigenvalue weighted by Crippen LogP contribution is -2.37. The van der Waals surface area contributed by atoms with Crippen molar-refractivity contribution in [1.82, 2.24) is 4.90 Å². The normalized spacial score (nSPS) is 27.2. The first-order chi connectivity index (χ1) is 9.08. The highest BCUT2D eigenvalue weighted by Crippen LogP contribution is 2.31. The molecule has 0 aliphatic heterocycles. The summed E-state index contributed by atoms with van der Waals surface area (Å²) in [6.45, 7) is 5.68. The SMILES string of the molecule is CC1CC(C)CC(N(C)Cc2cccc(C#N)c2)C1. The van der Waals surface area contributed by atoms with E-state index in [1.807, 2.05) is 18.2 Å². The van der Waals surface area contributed by atoms with Crippen LogP contribution in [-0.2, 0) is 6.54 Å². The topological polar surface area (TPSA) is 27.0 Å². The minimum absolute atomic E-state index is 0.685. The van der Waals surface area contributed by atoms with Crippen molar-refractivity contribution in [1.29, 1.82) is 5.26 Å². The van der Waals surface area contributed by atoms with Gasteiger partial charge in [-0.15, -0.1) is 0 Å². The molecule has 0 heterocycles. The Bertz CT molecular complexity index is 451. The minimum atomic E-state index is 0.685. The van der Waals surface area contributed by atoms with Crippen LogP contribution >= 0.6 is 0 Å². The van der Waals surface area contributed by atoms with Gasteiger partial charge in [0.05, 0.1) is 11.6 Å². The number of rotatable bonds is 3. The zero-order valence-corrected chi connectivity index (χ0v) is 12.3. The van der Waals surface area contributed by atoms with Gasteiger partial charge in [0.2, 0.25) is 0 Å². The molecular weight excluding hydrogens is 232 g/mol. The van der Waals surface area contributed by atoms with Gasteiger partial charge in [0.1, 0.15) is 0 Å². The minimum Gasteiger partial charge on any atom is -0.299 e. The number of benzene rings is 1. The molecule has 19 heavy (non-hydrogen) atoms. The third-order valence-electron chi connectivity index (χ3n) is 4.27. The first-order valence-electron chi connectivity index (χ1n) is 7.27. The van der Waals surface area contributed by atoms with E-state index in [1.165, 1.54) is 24.8 Å². The van der Waals surface area contributed by atoms with Crippen LogP contribution in [0.2, 0.25) is 0 Å². The predicted octanol–water partition coefficient (Wildman–Crippen LogP) is 3.81. The zero-order chi connectivity index (χ0) is 13.8. The molecule has 1 aromatic carbocycles. The van der Waals surface area contributed by atoms with E-state index in [0.717, 1.165) is 23.9 Å². The Morgan fingerprint density at radius 1 is 1.21 bits per heavy atom. The van der Waals surface area contributed by atoms with Crippen LogP contribution in [0.25, 0.3) is 0 Å². The zero-order valence-electron chi connectivity index (χ0n) is 12.3. The molecule has 0 amide bonds. The summed E-state index contributed by atoms with van der Waals surface area (Å²) in [5.74, 6) is 1.67. The molecule has 0 spiro atoms. The second-order valence-corrected chi connectivity index (χ2v) is 6.30.